The molecule has 0 aliphatic carbocycles. The predicted octanol–water partition coefficient (Wildman–Crippen LogP) is 2.95. The molecule has 0 saturated carbocycles. The molecule has 1 atom stereocenters. The highest BCUT2D eigenvalue weighted by molar-refractivity contribution is 5.91. The largest absolute Gasteiger partial charge is 0.496 e. The molecule has 0 bridgehead atoms. The van der Waals surface area contributed by atoms with E-state index in [0.717, 1.165) is 37.2 Å². The fourth-order valence-corrected chi connectivity index (χ4v) is 3.24. The van der Waals surface area contributed by atoms with Gasteiger partial charge in [0.15, 0.2) is 0 Å². The van der Waals surface area contributed by atoms with E-state index >= 15 is 0 Å². The summed E-state index contributed by atoms with van der Waals surface area (Å²) < 4.78 is 5.44. The van der Waals surface area contributed by atoms with Crippen LogP contribution in [0.1, 0.15) is 25.3 Å². The molecule has 1 unspecified atom stereocenters. The number of carbonyl (C=O) groups excluding carboxylic acids is 1. The summed E-state index contributed by atoms with van der Waals surface area (Å²) in [4.78, 5) is 13.7. The first kappa shape index (κ1) is 15.8. The Bertz CT molecular complexity index is 699. The Morgan fingerprint density at radius 3 is 2.70 bits per heavy atom. The summed E-state index contributed by atoms with van der Waals surface area (Å²) in [7, 11) is 1.70. The fourth-order valence-electron chi connectivity index (χ4n) is 3.24. The van der Waals surface area contributed by atoms with Crippen LogP contribution in [0.5, 0.6) is 5.75 Å². The first-order valence-corrected chi connectivity index (χ1v) is 8.25. The SMILES string of the molecule is COc1ccc(CNC(C)CN2CCCC2=O)c2ccccc12. The number of hydrogen-bond acceptors (Lipinski definition) is 3. The molecule has 4 nitrogen and oxygen atoms in total. The minimum atomic E-state index is 0.276. The smallest absolute Gasteiger partial charge is 0.222 e. The molecule has 0 aromatic heterocycles. The lowest BCUT2D eigenvalue weighted by atomic mass is 10.0. The highest BCUT2D eigenvalue weighted by atomic mass is 16.5. The summed E-state index contributed by atoms with van der Waals surface area (Å²) in [5, 5.41) is 5.89. The van der Waals surface area contributed by atoms with Gasteiger partial charge in [0.05, 0.1) is 7.11 Å². The Morgan fingerprint density at radius 1 is 1.22 bits per heavy atom. The molecule has 0 spiro atoms. The number of nitrogens with one attached hydrogen (secondary N) is 1. The Kier molecular flexibility index (Phi) is 4.82. The molecule has 1 saturated heterocycles. The van der Waals surface area contributed by atoms with Crippen LogP contribution in [-0.4, -0.2) is 37.0 Å². The second-order valence-corrected chi connectivity index (χ2v) is 6.20. The number of amides is 1. The second kappa shape index (κ2) is 7.01. The molecule has 1 amide bonds. The Balaban J connectivity index is 1.68. The number of rotatable bonds is 6. The average molecular weight is 312 g/mol. The Morgan fingerprint density at radius 2 is 2.00 bits per heavy atom. The van der Waals surface area contributed by atoms with Crippen molar-refractivity contribution in [2.75, 3.05) is 20.2 Å². The average Bonchev–Trinajstić information content (AvgIpc) is 2.97. The van der Waals surface area contributed by atoms with E-state index in [-0.39, 0.29) is 11.9 Å². The lowest BCUT2D eigenvalue weighted by Crippen LogP contribution is -2.39. The molecule has 23 heavy (non-hydrogen) atoms. The zero-order valence-electron chi connectivity index (χ0n) is 13.8. The number of fused-ring (bicyclic) bond motifs is 1. The summed E-state index contributed by atoms with van der Waals surface area (Å²) in [6, 6.07) is 12.7. The summed E-state index contributed by atoms with van der Waals surface area (Å²) in [6.45, 7) is 4.61. The zero-order chi connectivity index (χ0) is 16.2. The standard InChI is InChI=1S/C19H24N2O2/c1-14(13-21-11-5-8-19(21)22)20-12-15-9-10-18(23-2)17-7-4-3-6-16(15)17/h3-4,6-7,9-10,14,20H,5,8,11-13H2,1-2H3. The van der Waals surface area contributed by atoms with Crippen molar-refractivity contribution in [1.82, 2.24) is 10.2 Å². The zero-order valence-corrected chi connectivity index (χ0v) is 13.8. The van der Waals surface area contributed by atoms with Crippen LogP contribution >= 0.6 is 0 Å². The molecular weight excluding hydrogens is 288 g/mol. The van der Waals surface area contributed by atoms with Crippen molar-refractivity contribution >= 4 is 16.7 Å². The summed E-state index contributed by atoms with van der Waals surface area (Å²) in [5.41, 5.74) is 1.25. The van der Waals surface area contributed by atoms with Gasteiger partial charge in [0.25, 0.3) is 0 Å². The van der Waals surface area contributed by atoms with E-state index in [9.17, 15) is 4.79 Å². The van der Waals surface area contributed by atoms with Gasteiger partial charge >= 0.3 is 0 Å². The van der Waals surface area contributed by atoms with Gasteiger partial charge < -0.3 is 15.0 Å². The predicted molar refractivity (Wildman–Crippen MR) is 92.6 cm³/mol. The van der Waals surface area contributed by atoms with E-state index in [4.69, 9.17) is 4.74 Å². The van der Waals surface area contributed by atoms with Gasteiger partial charge in [0, 0.05) is 37.5 Å². The monoisotopic (exact) mass is 312 g/mol. The lowest BCUT2D eigenvalue weighted by Gasteiger charge is -2.22. The molecule has 122 valence electrons. The molecule has 3 rings (SSSR count). The maximum absolute atomic E-state index is 11.7. The third-order valence-corrected chi connectivity index (χ3v) is 4.50. The van der Waals surface area contributed by atoms with Gasteiger partial charge in [-0.05, 0) is 30.4 Å². The van der Waals surface area contributed by atoms with Crippen LogP contribution in [0.15, 0.2) is 36.4 Å². The van der Waals surface area contributed by atoms with E-state index in [0.29, 0.717) is 6.42 Å². The van der Waals surface area contributed by atoms with Crippen LogP contribution in [0.25, 0.3) is 10.8 Å². The minimum absolute atomic E-state index is 0.276. The van der Waals surface area contributed by atoms with Crippen LogP contribution in [0.2, 0.25) is 0 Å². The number of carbonyl (C=O) groups is 1. The van der Waals surface area contributed by atoms with Gasteiger partial charge in [-0.2, -0.15) is 0 Å². The third-order valence-electron chi connectivity index (χ3n) is 4.50. The van der Waals surface area contributed by atoms with Crippen molar-refractivity contribution in [2.24, 2.45) is 0 Å². The molecular formula is C19H24N2O2. The quantitative estimate of drug-likeness (QED) is 0.891. The number of benzene rings is 2. The molecule has 1 aliphatic rings. The highest BCUT2D eigenvalue weighted by Gasteiger charge is 2.21. The molecule has 0 radical (unpaired) electrons. The minimum Gasteiger partial charge on any atom is -0.496 e. The van der Waals surface area contributed by atoms with Crippen molar-refractivity contribution in [3.05, 3.63) is 42.0 Å². The molecule has 4 heteroatoms. The van der Waals surface area contributed by atoms with Gasteiger partial charge in [0.2, 0.25) is 5.91 Å². The van der Waals surface area contributed by atoms with Gasteiger partial charge in [0.1, 0.15) is 5.75 Å². The number of likely N-dealkylation sites (tertiary alicyclic amines) is 1. The molecule has 2 aromatic rings. The third kappa shape index (κ3) is 3.48. The van der Waals surface area contributed by atoms with Crippen LogP contribution in [-0.2, 0) is 11.3 Å². The van der Waals surface area contributed by atoms with Crippen molar-refractivity contribution in [2.45, 2.75) is 32.4 Å². The van der Waals surface area contributed by atoms with E-state index in [1.165, 1.54) is 10.9 Å². The van der Waals surface area contributed by atoms with Gasteiger partial charge in [-0.1, -0.05) is 30.3 Å². The number of methoxy groups -OCH3 is 1. The maximum Gasteiger partial charge on any atom is 0.222 e. The molecule has 1 aliphatic heterocycles. The van der Waals surface area contributed by atoms with Gasteiger partial charge in [-0.15, -0.1) is 0 Å². The first-order chi connectivity index (χ1) is 11.2. The van der Waals surface area contributed by atoms with Gasteiger partial charge in [-0.3, -0.25) is 4.79 Å². The molecule has 1 N–H and O–H groups in total. The highest BCUT2D eigenvalue weighted by Crippen LogP contribution is 2.28. The first-order valence-electron chi connectivity index (χ1n) is 8.25. The van der Waals surface area contributed by atoms with E-state index in [1.54, 1.807) is 7.11 Å². The number of ether oxygens (including phenoxy) is 1. The second-order valence-electron chi connectivity index (χ2n) is 6.20. The van der Waals surface area contributed by atoms with E-state index in [1.807, 2.05) is 17.0 Å². The maximum atomic E-state index is 11.7. The Labute approximate surface area is 137 Å². The van der Waals surface area contributed by atoms with Crippen LogP contribution in [0.3, 0.4) is 0 Å². The van der Waals surface area contributed by atoms with Crippen molar-refractivity contribution < 1.29 is 9.53 Å². The van der Waals surface area contributed by atoms with E-state index in [2.05, 4.69) is 36.5 Å². The number of hydrogen-bond donors (Lipinski definition) is 1. The van der Waals surface area contributed by atoms with Gasteiger partial charge in [-0.25, -0.2) is 0 Å². The molecule has 1 heterocycles. The van der Waals surface area contributed by atoms with Crippen LogP contribution in [0.4, 0.5) is 0 Å². The van der Waals surface area contributed by atoms with Crippen LogP contribution < -0.4 is 10.1 Å². The van der Waals surface area contributed by atoms with Crippen LogP contribution in [0, 0.1) is 0 Å². The topological polar surface area (TPSA) is 41.6 Å². The van der Waals surface area contributed by atoms with Crippen molar-refractivity contribution in [1.29, 1.82) is 0 Å². The fraction of sp³-hybridized carbons (Fsp3) is 0.421. The summed E-state index contributed by atoms with van der Waals surface area (Å²) >= 11 is 0. The summed E-state index contributed by atoms with van der Waals surface area (Å²) in [6.07, 6.45) is 1.70. The van der Waals surface area contributed by atoms with E-state index < -0.39 is 0 Å². The molecule has 1 fully saturated rings. The van der Waals surface area contributed by atoms with Crippen molar-refractivity contribution in [3.63, 3.8) is 0 Å². The van der Waals surface area contributed by atoms with Crippen molar-refractivity contribution in [3.8, 4) is 5.75 Å². The Hall–Kier alpha value is -2.07. The lowest BCUT2D eigenvalue weighted by molar-refractivity contribution is -0.127. The number of nitrogens with zero attached hydrogens (tertiary/aromatic N) is 1. The molecule has 2 aromatic carbocycles. The summed E-state index contributed by atoms with van der Waals surface area (Å²) in [5.74, 6) is 1.19. The normalized spacial score (nSPS) is 16.1.